The number of carbonyl (C=O) groups is 1. The van der Waals surface area contributed by atoms with Crippen molar-refractivity contribution in [1.29, 1.82) is 0 Å². The minimum absolute atomic E-state index is 0.141. The molecule has 0 fully saturated rings. The third kappa shape index (κ3) is 3.76. The lowest BCUT2D eigenvalue weighted by molar-refractivity contribution is -0.138. The third-order valence-corrected chi connectivity index (χ3v) is 2.22. The molecular weight excluding hydrogens is 237 g/mol. The van der Waals surface area contributed by atoms with E-state index in [9.17, 15) is 9.18 Å². The van der Waals surface area contributed by atoms with Crippen molar-refractivity contribution >= 4 is 11.7 Å². The predicted molar refractivity (Wildman–Crippen MR) is 67.2 cm³/mol. The fourth-order valence-electron chi connectivity index (χ4n) is 1.28. The Kier molecular flexibility index (Phi) is 5.17. The molecule has 0 aliphatic heterocycles. The van der Waals surface area contributed by atoms with Gasteiger partial charge >= 0.3 is 5.97 Å². The Morgan fingerprint density at radius 3 is 2.83 bits per heavy atom. The number of halogens is 1. The normalized spacial score (nSPS) is 9.72. The van der Waals surface area contributed by atoms with Gasteiger partial charge in [0.1, 0.15) is 0 Å². The van der Waals surface area contributed by atoms with Gasteiger partial charge in [0.05, 0.1) is 13.7 Å². The lowest BCUT2D eigenvalue weighted by Gasteiger charge is -2.10. The second kappa shape index (κ2) is 6.64. The molecule has 0 unspecified atom stereocenters. The SMILES string of the molecule is C=C(CNc1ccc(F)c(OC)c1)C(=O)OCC. The molecule has 0 aliphatic rings. The van der Waals surface area contributed by atoms with Crippen molar-refractivity contribution in [3.63, 3.8) is 0 Å². The lowest BCUT2D eigenvalue weighted by Crippen LogP contribution is -2.14. The number of carbonyl (C=O) groups excluding carboxylic acids is 1. The van der Waals surface area contributed by atoms with Gasteiger partial charge in [-0.15, -0.1) is 0 Å². The Morgan fingerprint density at radius 1 is 1.50 bits per heavy atom. The molecule has 0 aliphatic carbocycles. The first-order chi connectivity index (χ1) is 8.58. The maximum atomic E-state index is 13.2. The molecular formula is C13H16FNO3. The Labute approximate surface area is 105 Å². The maximum absolute atomic E-state index is 13.2. The van der Waals surface area contributed by atoms with Gasteiger partial charge in [0.25, 0.3) is 0 Å². The molecule has 0 atom stereocenters. The van der Waals surface area contributed by atoms with E-state index in [1.54, 1.807) is 13.0 Å². The van der Waals surface area contributed by atoms with Gasteiger partial charge in [-0.3, -0.25) is 0 Å². The fraction of sp³-hybridized carbons (Fsp3) is 0.308. The molecule has 1 aromatic carbocycles. The van der Waals surface area contributed by atoms with E-state index in [1.165, 1.54) is 19.2 Å². The van der Waals surface area contributed by atoms with E-state index in [4.69, 9.17) is 9.47 Å². The molecule has 0 radical (unpaired) electrons. The van der Waals surface area contributed by atoms with Crippen LogP contribution in [0.5, 0.6) is 5.75 Å². The number of hydrogen-bond acceptors (Lipinski definition) is 4. The van der Waals surface area contributed by atoms with Crippen LogP contribution in [-0.2, 0) is 9.53 Å². The standard InChI is InChI=1S/C13H16FNO3/c1-4-18-13(16)9(2)8-15-10-5-6-11(14)12(7-10)17-3/h5-7,15H,2,4,8H2,1,3H3. The fourth-order valence-corrected chi connectivity index (χ4v) is 1.28. The van der Waals surface area contributed by atoms with Gasteiger partial charge in [-0.2, -0.15) is 0 Å². The van der Waals surface area contributed by atoms with Crippen LogP contribution in [0.3, 0.4) is 0 Å². The van der Waals surface area contributed by atoms with Gasteiger partial charge in [0, 0.05) is 23.9 Å². The van der Waals surface area contributed by atoms with E-state index in [0.29, 0.717) is 17.9 Å². The Morgan fingerprint density at radius 2 is 2.22 bits per heavy atom. The molecule has 0 spiro atoms. The Hall–Kier alpha value is -2.04. The van der Waals surface area contributed by atoms with Crippen LogP contribution in [0.15, 0.2) is 30.4 Å². The van der Waals surface area contributed by atoms with Crippen LogP contribution in [-0.4, -0.2) is 26.2 Å². The van der Waals surface area contributed by atoms with Crippen LogP contribution in [0.2, 0.25) is 0 Å². The summed E-state index contributed by atoms with van der Waals surface area (Å²) < 4.78 is 22.8. The zero-order valence-electron chi connectivity index (χ0n) is 10.5. The minimum atomic E-state index is -0.445. The van der Waals surface area contributed by atoms with Crippen LogP contribution in [0, 0.1) is 5.82 Å². The van der Waals surface area contributed by atoms with Crippen LogP contribution >= 0.6 is 0 Å². The molecule has 5 heteroatoms. The van der Waals surface area contributed by atoms with Crippen LogP contribution in [0.1, 0.15) is 6.92 Å². The molecule has 4 nitrogen and oxygen atoms in total. The van der Waals surface area contributed by atoms with Crippen molar-refractivity contribution in [2.24, 2.45) is 0 Å². The second-order valence-electron chi connectivity index (χ2n) is 3.53. The van der Waals surface area contributed by atoms with Gasteiger partial charge < -0.3 is 14.8 Å². The molecule has 0 saturated carbocycles. The third-order valence-electron chi connectivity index (χ3n) is 2.22. The molecule has 18 heavy (non-hydrogen) atoms. The lowest BCUT2D eigenvalue weighted by atomic mass is 10.2. The minimum Gasteiger partial charge on any atom is -0.494 e. The van der Waals surface area contributed by atoms with Gasteiger partial charge in [-0.05, 0) is 19.1 Å². The molecule has 0 bridgehead atoms. The smallest absolute Gasteiger partial charge is 0.335 e. The topological polar surface area (TPSA) is 47.6 Å². The van der Waals surface area contributed by atoms with E-state index >= 15 is 0 Å². The molecule has 0 amide bonds. The summed E-state index contributed by atoms with van der Waals surface area (Å²) in [4.78, 5) is 11.3. The second-order valence-corrected chi connectivity index (χ2v) is 3.53. The molecule has 1 rings (SSSR count). The average Bonchev–Trinajstić information content (AvgIpc) is 2.37. The summed E-state index contributed by atoms with van der Waals surface area (Å²) in [6.07, 6.45) is 0. The number of nitrogens with one attached hydrogen (secondary N) is 1. The predicted octanol–water partition coefficient (Wildman–Crippen LogP) is 2.37. The van der Waals surface area contributed by atoms with Crippen molar-refractivity contribution in [3.8, 4) is 5.75 Å². The summed E-state index contributed by atoms with van der Waals surface area (Å²) in [5, 5.41) is 2.94. The summed E-state index contributed by atoms with van der Waals surface area (Å²) in [5.74, 6) is -0.743. The van der Waals surface area contributed by atoms with E-state index < -0.39 is 11.8 Å². The molecule has 1 N–H and O–H groups in total. The van der Waals surface area contributed by atoms with E-state index in [0.717, 1.165) is 0 Å². The first-order valence-corrected chi connectivity index (χ1v) is 5.50. The number of ether oxygens (including phenoxy) is 2. The first kappa shape index (κ1) is 14.0. The van der Waals surface area contributed by atoms with Crippen LogP contribution in [0.25, 0.3) is 0 Å². The highest BCUT2D eigenvalue weighted by atomic mass is 19.1. The van der Waals surface area contributed by atoms with Crippen molar-refractivity contribution in [2.75, 3.05) is 25.6 Å². The van der Waals surface area contributed by atoms with E-state index in [1.807, 2.05) is 0 Å². The zero-order valence-corrected chi connectivity index (χ0v) is 10.5. The maximum Gasteiger partial charge on any atom is 0.335 e. The summed E-state index contributed by atoms with van der Waals surface area (Å²) in [7, 11) is 1.39. The first-order valence-electron chi connectivity index (χ1n) is 5.50. The summed E-state index contributed by atoms with van der Waals surface area (Å²) in [5.41, 5.74) is 0.943. The number of esters is 1. The molecule has 0 heterocycles. The van der Waals surface area contributed by atoms with Crippen molar-refractivity contribution < 1.29 is 18.7 Å². The van der Waals surface area contributed by atoms with Crippen molar-refractivity contribution in [2.45, 2.75) is 6.92 Å². The summed E-state index contributed by atoms with van der Waals surface area (Å²) in [6.45, 7) is 5.87. The number of rotatable bonds is 6. The van der Waals surface area contributed by atoms with E-state index in [2.05, 4.69) is 11.9 Å². The highest BCUT2D eigenvalue weighted by Crippen LogP contribution is 2.21. The highest BCUT2D eigenvalue weighted by molar-refractivity contribution is 5.88. The van der Waals surface area contributed by atoms with Gasteiger partial charge in [0.15, 0.2) is 11.6 Å². The zero-order chi connectivity index (χ0) is 13.5. The van der Waals surface area contributed by atoms with Gasteiger partial charge in [0.2, 0.25) is 0 Å². The number of benzene rings is 1. The van der Waals surface area contributed by atoms with Crippen LogP contribution in [0.4, 0.5) is 10.1 Å². The largest absolute Gasteiger partial charge is 0.494 e. The Balaban J connectivity index is 2.58. The quantitative estimate of drug-likeness (QED) is 0.624. The summed E-state index contributed by atoms with van der Waals surface area (Å²) >= 11 is 0. The van der Waals surface area contributed by atoms with Crippen LogP contribution < -0.4 is 10.1 Å². The van der Waals surface area contributed by atoms with Crippen molar-refractivity contribution in [1.82, 2.24) is 0 Å². The molecule has 0 saturated heterocycles. The Bertz CT molecular complexity index is 446. The van der Waals surface area contributed by atoms with Gasteiger partial charge in [-0.25, -0.2) is 9.18 Å². The summed E-state index contributed by atoms with van der Waals surface area (Å²) in [6, 6.07) is 4.35. The monoisotopic (exact) mass is 253 g/mol. The highest BCUT2D eigenvalue weighted by Gasteiger charge is 2.08. The average molecular weight is 253 g/mol. The molecule has 0 aromatic heterocycles. The number of methoxy groups -OCH3 is 1. The van der Waals surface area contributed by atoms with Crippen molar-refractivity contribution in [3.05, 3.63) is 36.2 Å². The molecule has 1 aromatic rings. The number of hydrogen-bond donors (Lipinski definition) is 1. The number of anilines is 1. The van der Waals surface area contributed by atoms with E-state index in [-0.39, 0.29) is 12.3 Å². The molecule has 98 valence electrons. The van der Waals surface area contributed by atoms with Gasteiger partial charge in [-0.1, -0.05) is 6.58 Å².